The van der Waals surface area contributed by atoms with Crippen LogP contribution in [0, 0.1) is 11.8 Å². The van der Waals surface area contributed by atoms with Crippen molar-refractivity contribution in [1.29, 1.82) is 0 Å². The number of carbonyl (C=O) groups is 2. The van der Waals surface area contributed by atoms with E-state index < -0.39 is 0 Å². The summed E-state index contributed by atoms with van der Waals surface area (Å²) in [6.45, 7) is 15.7. The highest BCUT2D eigenvalue weighted by atomic mass is 16.5. The van der Waals surface area contributed by atoms with E-state index in [0.717, 1.165) is 77.7 Å². The molecule has 0 heterocycles. The Morgan fingerprint density at radius 1 is 0.444 bits per heavy atom. The minimum absolute atomic E-state index is 0.00453. The first-order valence-electron chi connectivity index (χ1n) is 28.4. The number of carbonyl (C=O) groups excluding carboxylic acids is 2. The summed E-state index contributed by atoms with van der Waals surface area (Å²) in [5.41, 5.74) is 0. The van der Waals surface area contributed by atoms with Gasteiger partial charge in [-0.2, -0.15) is 0 Å². The topological polar surface area (TPSA) is 79.3 Å². The number of unbranched alkanes of at least 4 members (excludes halogenated alkanes) is 20. The lowest BCUT2D eigenvalue weighted by Gasteiger charge is -2.33. The summed E-state index contributed by atoms with van der Waals surface area (Å²) in [6, 6.07) is 0.640. The predicted molar refractivity (Wildman–Crippen MR) is 271 cm³/mol. The highest BCUT2D eigenvalue weighted by Gasteiger charge is 2.21. The molecule has 0 saturated heterocycles. The van der Waals surface area contributed by atoms with Gasteiger partial charge in [0.15, 0.2) is 0 Å². The van der Waals surface area contributed by atoms with Gasteiger partial charge < -0.3 is 19.5 Å². The van der Waals surface area contributed by atoms with Crippen molar-refractivity contribution in [3.05, 3.63) is 0 Å². The molecule has 1 rings (SSSR count). The molecular weight excluding hydrogens is 781 g/mol. The van der Waals surface area contributed by atoms with Crippen LogP contribution in [0.4, 0.5) is 0 Å². The number of aliphatic hydroxyl groups is 1. The number of hydrogen-bond donors (Lipinski definition) is 1. The monoisotopic (exact) mass is 891 g/mol. The molecule has 1 N–H and O–H groups in total. The first kappa shape index (κ1) is 59.8. The van der Waals surface area contributed by atoms with Gasteiger partial charge in [0.05, 0.1) is 13.2 Å². The Bertz CT molecular complexity index is 913. The third-order valence-corrected chi connectivity index (χ3v) is 14.2. The molecule has 0 aromatic carbocycles. The van der Waals surface area contributed by atoms with Crippen molar-refractivity contribution < 1.29 is 24.2 Å². The lowest BCUT2D eigenvalue weighted by molar-refractivity contribution is -0.146. The lowest BCUT2D eigenvalue weighted by atomic mass is 9.95. The number of nitrogens with zero attached hydrogens (tertiary/aromatic N) is 2. The van der Waals surface area contributed by atoms with Gasteiger partial charge in [0, 0.05) is 45.1 Å². The fourth-order valence-electron chi connectivity index (χ4n) is 9.88. The molecule has 0 aromatic rings. The Kier molecular flexibility index (Phi) is 43.6. The van der Waals surface area contributed by atoms with E-state index in [1.165, 1.54) is 193 Å². The molecule has 1 aliphatic rings. The first-order chi connectivity index (χ1) is 31.0. The molecule has 0 aliphatic heterocycles. The van der Waals surface area contributed by atoms with E-state index in [2.05, 4.69) is 37.5 Å². The van der Waals surface area contributed by atoms with Crippen molar-refractivity contribution in [3.8, 4) is 0 Å². The zero-order valence-corrected chi connectivity index (χ0v) is 42.9. The third-order valence-electron chi connectivity index (χ3n) is 14.2. The number of esters is 2. The van der Waals surface area contributed by atoms with Gasteiger partial charge in [-0.15, -0.1) is 0 Å². The van der Waals surface area contributed by atoms with Crippen molar-refractivity contribution in [1.82, 2.24) is 9.80 Å². The van der Waals surface area contributed by atoms with E-state index in [-0.39, 0.29) is 18.5 Å². The minimum Gasteiger partial charge on any atom is -0.465 e. The van der Waals surface area contributed by atoms with E-state index in [0.29, 0.717) is 43.9 Å². The predicted octanol–water partition coefficient (Wildman–Crippen LogP) is 15.6. The van der Waals surface area contributed by atoms with Gasteiger partial charge in [0.25, 0.3) is 0 Å². The maximum Gasteiger partial charge on any atom is 0.305 e. The van der Waals surface area contributed by atoms with Crippen LogP contribution in [-0.2, 0) is 19.1 Å². The van der Waals surface area contributed by atoms with Gasteiger partial charge in [0.2, 0.25) is 0 Å². The smallest absolute Gasteiger partial charge is 0.305 e. The fraction of sp³-hybridized carbons (Fsp3) is 0.964. The largest absolute Gasteiger partial charge is 0.465 e. The second-order valence-corrected chi connectivity index (χ2v) is 20.1. The highest BCUT2D eigenvalue weighted by Crippen LogP contribution is 2.24. The summed E-state index contributed by atoms with van der Waals surface area (Å²) in [4.78, 5) is 31.1. The summed E-state index contributed by atoms with van der Waals surface area (Å²) in [5.74, 6) is 1.02. The van der Waals surface area contributed by atoms with Gasteiger partial charge in [-0.3, -0.25) is 14.5 Å². The van der Waals surface area contributed by atoms with Crippen LogP contribution in [0.3, 0.4) is 0 Å². The number of ether oxygens (including phenoxy) is 2. The van der Waals surface area contributed by atoms with Gasteiger partial charge in [-0.05, 0) is 95.6 Å². The Morgan fingerprint density at radius 3 is 1.24 bits per heavy atom. The molecule has 1 saturated carbocycles. The minimum atomic E-state index is -0.00453. The average Bonchev–Trinajstić information content (AvgIpc) is 3.58. The SMILES string of the molecule is CCCCCCCCC(CCCCCC)COC(=O)CCCCCN(CCCCCC(=O)OCC(CCCCCC)CCCCCCCC)CCN(CCCO)C1CCCCCC1. The summed E-state index contributed by atoms with van der Waals surface area (Å²) < 4.78 is 11.8. The van der Waals surface area contributed by atoms with E-state index in [9.17, 15) is 14.7 Å². The molecule has 0 radical (unpaired) electrons. The van der Waals surface area contributed by atoms with Gasteiger partial charge in [0.1, 0.15) is 0 Å². The molecule has 2 unspecified atom stereocenters. The zero-order chi connectivity index (χ0) is 45.7. The maximum atomic E-state index is 12.9. The molecule has 2 atom stereocenters. The molecule has 0 spiro atoms. The number of hydrogen-bond acceptors (Lipinski definition) is 7. The second kappa shape index (κ2) is 46.0. The van der Waals surface area contributed by atoms with Gasteiger partial charge in [-0.1, -0.05) is 195 Å². The molecule has 0 amide bonds. The molecule has 0 aromatic heterocycles. The van der Waals surface area contributed by atoms with Gasteiger partial charge in [-0.25, -0.2) is 0 Å². The maximum absolute atomic E-state index is 12.9. The van der Waals surface area contributed by atoms with Crippen LogP contribution in [0.2, 0.25) is 0 Å². The zero-order valence-electron chi connectivity index (χ0n) is 42.9. The van der Waals surface area contributed by atoms with E-state index >= 15 is 0 Å². The van der Waals surface area contributed by atoms with Crippen LogP contribution in [0.5, 0.6) is 0 Å². The Balaban J connectivity index is 2.61. The van der Waals surface area contributed by atoms with Crippen LogP contribution in [0.1, 0.15) is 278 Å². The molecule has 7 nitrogen and oxygen atoms in total. The number of rotatable bonds is 47. The van der Waals surface area contributed by atoms with E-state index in [1.54, 1.807) is 0 Å². The van der Waals surface area contributed by atoms with E-state index in [4.69, 9.17) is 9.47 Å². The Morgan fingerprint density at radius 2 is 0.825 bits per heavy atom. The normalized spacial score (nSPS) is 14.7. The van der Waals surface area contributed by atoms with Crippen LogP contribution in [-0.4, -0.2) is 85.4 Å². The van der Waals surface area contributed by atoms with E-state index in [1.807, 2.05) is 0 Å². The third kappa shape index (κ3) is 37.6. The molecule has 7 heteroatoms. The molecule has 1 fully saturated rings. The van der Waals surface area contributed by atoms with Gasteiger partial charge >= 0.3 is 11.9 Å². The summed E-state index contributed by atoms with van der Waals surface area (Å²) in [7, 11) is 0. The quantitative estimate of drug-likeness (QED) is 0.0370. The van der Waals surface area contributed by atoms with Crippen LogP contribution in [0.15, 0.2) is 0 Å². The van der Waals surface area contributed by atoms with Crippen LogP contribution in [0.25, 0.3) is 0 Å². The lowest BCUT2D eigenvalue weighted by Crippen LogP contribution is -2.42. The summed E-state index contributed by atoms with van der Waals surface area (Å²) >= 11 is 0. The molecule has 0 bridgehead atoms. The Labute approximate surface area is 393 Å². The average molecular weight is 892 g/mol. The molecular formula is C56H110N2O5. The van der Waals surface area contributed by atoms with Crippen molar-refractivity contribution in [3.63, 3.8) is 0 Å². The van der Waals surface area contributed by atoms with Crippen molar-refractivity contribution in [2.24, 2.45) is 11.8 Å². The summed E-state index contributed by atoms with van der Waals surface area (Å²) in [5, 5.41) is 9.72. The second-order valence-electron chi connectivity index (χ2n) is 20.1. The van der Waals surface area contributed by atoms with Crippen LogP contribution >= 0.6 is 0 Å². The van der Waals surface area contributed by atoms with Crippen molar-refractivity contribution in [2.45, 2.75) is 284 Å². The highest BCUT2D eigenvalue weighted by molar-refractivity contribution is 5.69. The standard InChI is InChI=1S/C56H110N2O5/c1-5-9-13-17-19-27-38-52(36-25-15-11-7-3)50-62-55(60)42-31-23-33-44-57(47-48-58(46-35-49-59)54-40-29-21-22-30-41-54)45-34-24-32-43-56(61)63-51-53(37-26-16-12-8-4)39-28-20-18-14-10-6-2/h52-54,59H,5-51H2,1-4H3. The first-order valence-corrected chi connectivity index (χ1v) is 28.4. The summed E-state index contributed by atoms with van der Waals surface area (Å²) in [6.07, 6.45) is 46.8. The van der Waals surface area contributed by atoms with Crippen molar-refractivity contribution in [2.75, 3.05) is 52.5 Å². The van der Waals surface area contributed by atoms with Crippen molar-refractivity contribution >= 4 is 11.9 Å². The molecule has 63 heavy (non-hydrogen) atoms. The molecule has 374 valence electrons. The fourth-order valence-corrected chi connectivity index (χ4v) is 9.88. The Hall–Kier alpha value is -1.18. The number of aliphatic hydroxyl groups excluding tert-OH is 1. The van der Waals surface area contributed by atoms with Crippen LogP contribution < -0.4 is 0 Å². The molecule has 1 aliphatic carbocycles.